The summed E-state index contributed by atoms with van der Waals surface area (Å²) in [6.45, 7) is 12.7. The third-order valence-electron chi connectivity index (χ3n) is 4.99. The van der Waals surface area contributed by atoms with E-state index in [2.05, 4.69) is 39.9 Å². The molecule has 2 nitrogen and oxygen atoms in total. The van der Waals surface area contributed by atoms with Crippen molar-refractivity contribution in [3.05, 3.63) is 0 Å². The van der Waals surface area contributed by atoms with E-state index in [9.17, 15) is 0 Å². The maximum absolute atomic E-state index is 6.09. The van der Waals surface area contributed by atoms with Crippen molar-refractivity contribution in [1.29, 1.82) is 0 Å². The minimum absolute atomic E-state index is 0.0763. The van der Waals surface area contributed by atoms with Gasteiger partial charge in [0.2, 0.25) is 0 Å². The summed E-state index contributed by atoms with van der Waals surface area (Å²) in [5, 5.41) is 3.79. The molecule has 1 N–H and O–H groups in total. The monoisotopic (exact) mass is 283 g/mol. The summed E-state index contributed by atoms with van der Waals surface area (Å²) < 4.78 is 6.09. The van der Waals surface area contributed by atoms with E-state index in [1.165, 1.54) is 44.9 Å². The largest absolute Gasteiger partial charge is 0.377 e. The molecular formula is C18H37NO. The summed E-state index contributed by atoms with van der Waals surface area (Å²) in [5.74, 6) is 0.868. The van der Waals surface area contributed by atoms with Crippen molar-refractivity contribution in [2.45, 2.75) is 91.2 Å². The summed E-state index contributed by atoms with van der Waals surface area (Å²) in [6, 6.07) is 0.513. The Balaban J connectivity index is 2.72. The topological polar surface area (TPSA) is 21.3 Å². The van der Waals surface area contributed by atoms with Gasteiger partial charge < -0.3 is 10.1 Å². The van der Waals surface area contributed by atoms with E-state index in [1.54, 1.807) is 0 Å². The summed E-state index contributed by atoms with van der Waals surface area (Å²) >= 11 is 0. The Labute approximate surface area is 127 Å². The average Bonchev–Trinajstić information content (AvgIpc) is 2.39. The van der Waals surface area contributed by atoms with Gasteiger partial charge in [0.15, 0.2) is 0 Å². The minimum Gasteiger partial charge on any atom is -0.377 e. The van der Waals surface area contributed by atoms with Crippen molar-refractivity contribution >= 4 is 0 Å². The number of rotatable bonds is 7. The van der Waals surface area contributed by atoms with Gasteiger partial charge >= 0.3 is 0 Å². The van der Waals surface area contributed by atoms with Crippen molar-refractivity contribution in [1.82, 2.24) is 5.32 Å². The fourth-order valence-corrected chi connectivity index (χ4v) is 3.39. The fraction of sp³-hybridized carbons (Fsp3) is 1.00. The highest BCUT2D eigenvalue weighted by atomic mass is 16.5. The van der Waals surface area contributed by atoms with Crippen LogP contribution < -0.4 is 5.32 Å². The molecule has 1 aliphatic rings. The van der Waals surface area contributed by atoms with Crippen LogP contribution in [0.15, 0.2) is 0 Å². The van der Waals surface area contributed by atoms with Gasteiger partial charge in [0, 0.05) is 13.2 Å². The number of nitrogens with one attached hydrogen (secondary N) is 1. The van der Waals surface area contributed by atoms with Crippen LogP contribution in [0, 0.1) is 11.3 Å². The van der Waals surface area contributed by atoms with Gasteiger partial charge in [0.25, 0.3) is 0 Å². The van der Waals surface area contributed by atoms with Crippen LogP contribution >= 0.6 is 0 Å². The maximum atomic E-state index is 6.09. The Bertz CT molecular complexity index is 261. The van der Waals surface area contributed by atoms with Crippen LogP contribution in [0.2, 0.25) is 0 Å². The van der Waals surface area contributed by atoms with Crippen molar-refractivity contribution in [2.75, 3.05) is 13.7 Å². The standard InChI is InChI=1S/C18H37NO/c1-7-14-19-16(10-11-17(3,4)5)18(20-6)12-8-15(2)9-13-18/h15-16,19H,7-14H2,1-6H3. The molecular weight excluding hydrogens is 246 g/mol. The summed E-state index contributed by atoms with van der Waals surface area (Å²) in [4.78, 5) is 0. The average molecular weight is 284 g/mol. The molecule has 0 aromatic heterocycles. The van der Waals surface area contributed by atoms with Crippen LogP contribution in [0.1, 0.15) is 79.6 Å². The van der Waals surface area contributed by atoms with E-state index < -0.39 is 0 Å². The molecule has 1 unspecified atom stereocenters. The Morgan fingerprint density at radius 2 is 1.85 bits per heavy atom. The Kier molecular flexibility index (Phi) is 7.00. The van der Waals surface area contributed by atoms with Gasteiger partial charge in [-0.1, -0.05) is 34.6 Å². The predicted octanol–water partition coefficient (Wildman–Crippen LogP) is 4.78. The Morgan fingerprint density at radius 3 is 2.30 bits per heavy atom. The second kappa shape index (κ2) is 7.79. The minimum atomic E-state index is 0.0763. The third kappa shape index (κ3) is 5.37. The lowest BCUT2D eigenvalue weighted by molar-refractivity contribution is -0.0780. The predicted molar refractivity (Wildman–Crippen MR) is 88.1 cm³/mol. The molecule has 0 bridgehead atoms. The van der Waals surface area contributed by atoms with Crippen LogP contribution in [0.25, 0.3) is 0 Å². The van der Waals surface area contributed by atoms with Crippen molar-refractivity contribution < 1.29 is 4.74 Å². The highest BCUT2D eigenvalue weighted by Gasteiger charge is 2.41. The number of hydrogen-bond acceptors (Lipinski definition) is 2. The zero-order valence-corrected chi connectivity index (χ0v) is 14.7. The summed E-state index contributed by atoms with van der Waals surface area (Å²) in [6.07, 6.45) is 8.75. The zero-order valence-electron chi connectivity index (χ0n) is 14.7. The molecule has 2 heteroatoms. The van der Waals surface area contributed by atoms with Gasteiger partial charge in [-0.2, -0.15) is 0 Å². The van der Waals surface area contributed by atoms with Crippen LogP contribution in [-0.2, 0) is 4.74 Å². The zero-order chi connectivity index (χ0) is 15.2. The second-order valence-electron chi connectivity index (χ2n) is 8.06. The molecule has 1 atom stereocenters. The lowest BCUT2D eigenvalue weighted by Crippen LogP contribution is -2.54. The summed E-state index contributed by atoms with van der Waals surface area (Å²) in [7, 11) is 1.92. The molecule has 1 aliphatic carbocycles. The van der Waals surface area contributed by atoms with Crippen molar-refractivity contribution in [2.24, 2.45) is 11.3 Å². The van der Waals surface area contributed by atoms with Crippen LogP contribution in [0.3, 0.4) is 0 Å². The number of ether oxygens (including phenoxy) is 1. The first-order valence-corrected chi connectivity index (χ1v) is 8.61. The first-order valence-electron chi connectivity index (χ1n) is 8.61. The molecule has 1 rings (SSSR count). The van der Waals surface area contributed by atoms with E-state index >= 15 is 0 Å². The molecule has 20 heavy (non-hydrogen) atoms. The highest BCUT2D eigenvalue weighted by molar-refractivity contribution is 4.96. The fourth-order valence-electron chi connectivity index (χ4n) is 3.39. The lowest BCUT2D eigenvalue weighted by Gasteiger charge is -2.45. The molecule has 0 heterocycles. The molecule has 0 aromatic carbocycles. The van der Waals surface area contributed by atoms with Gasteiger partial charge in [-0.05, 0) is 62.8 Å². The van der Waals surface area contributed by atoms with Crippen molar-refractivity contribution in [3.8, 4) is 0 Å². The molecule has 120 valence electrons. The highest BCUT2D eigenvalue weighted by Crippen LogP contribution is 2.39. The van der Waals surface area contributed by atoms with E-state index in [1.807, 2.05) is 7.11 Å². The smallest absolute Gasteiger partial charge is 0.0831 e. The van der Waals surface area contributed by atoms with Crippen molar-refractivity contribution in [3.63, 3.8) is 0 Å². The van der Waals surface area contributed by atoms with Gasteiger partial charge in [0.05, 0.1) is 5.60 Å². The number of hydrogen-bond donors (Lipinski definition) is 1. The molecule has 0 radical (unpaired) electrons. The quantitative estimate of drug-likeness (QED) is 0.726. The van der Waals surface area contributed by atoms with E-state index in [4.69, 9.17) is 4.74 Å². The van der Waals surface area contributed by atoms with Gasteiger partial charge in [-0.25, -0.2) is 0 Å². The normalized spacial score (nSPS) is 29.4. The van der Waals surface area contributed by atoms with Gasteiger partial charge in [-0.3, -0.25) is 0 Å². The van der Waals surface area contributed by atoms with Gasteiger partial charge in [-0.15, -0.1) is 0 Å². The maximum Gasteiger partial charge on any atom is 0.0831 e. The summed E-state index contributed by atoms with van der Waals surface area (Å²) in [5.41, 5.74) is 0.482. The van der Waals surface area contributed by atoms with Crippen LogP contribution in [0.4, 0.5) is 0 Å². The van der Waals surface area contributed by atoms with E-state index in [0.29, 0.717) is 11.5 Å². The Hall–Kier alpha value is -0.0800. The molecule has 0 amide bonds. The molecule has 0 aliphatic heterocycles. The van der Waals surface area contributed by atoms with Crippen LogP contribution in [-0.4, -0.2) is 25.3 Å². The molecule has 1 fully saturated rings. The SMILES string of the molecule is CCCNC(CCC(C)(C)C)C1(OC)CCC(C)CC1. The van der Waals surface area contributed by atoms with Gasteiger partial charge in [0.1, 0.15) is 0 Å². The molecule has 0 aromatic rings. The molecule has 0 saturated heterocycles. The lowest BCUT2D eigenvalue weighted by atomic mass is 9.73. The van der Waals surface area contributed by atoms with E-state index in [-0.39, 0.29) is 5.60 Å². The molecule has 0 spiro atoms. The third-order valence-corrected chi connectivity index (χ3v) is 4.99. The number of methoxy groups -OCH3 is 1. The Morgan fingerprint density at radius 1 is 1.25 bits per heavy atom. The molecule has 1 saturated carbocycles. The van der Waals surface area contributed by atoms with E-state index in [0.717, 1.165) is 12.5 Å². The second-order valence-corrected chi connectivity index (χ2v) is 8.06. The first kappa shape index (κ1) is 18.0. The first-order chi connectivity index (χ1) is 9.33. The van der Waals surface area contributed by atoms with Crippen LogP contribution in [0.5, 0.6) is 0 Å².